The van der Waals surface area contributed by atoms with Crippen molar-refractivity contribution in [1.29, 1.82) is 0 Å². The van der Waals surface area contributed by atoms with E-state index in [4.69, 9.17) is 56.8 Å². The molecule has 0 spiro atoms. The summed E-state index contributed by atoms with van der Waals surface area (Å²) in [7, 11) is 14.9. The minimum Gasteiger partial charge on any atom is -1.00 e. The van der Waals surface area contributed by atoms with Gasteiger partial charge < -0.3 is 94.1 Å². The van der Waals surface area contributed by atoms with Crippen LogP contribution in [-0.2, 0) is 21.7 Å². The zero-order valence-electron chi connectivity index (χ0n) is 37.5. The van der Waals surface area contributed by atoms with Crippen molar-refractivity contribution in [1.82, 2.24) is 0 Å². The zero-order chi connectivity index (χ0) is 41.3. The average molecular weight is 936 g/mol. The first-order valence-corrected chi connectivity index (χ1v) is 19.6. The van der Waals surface area contributed by atoms with Crippen molar-refractivity contribution in [3.63, 3.8) is 0 Å². The summed E-state index contributed by atoms with van der Waals surface area (Å²) < 4.78 is 75.9. The molecule has 0 fully saturated rings. The van der Waals surface area contributed by atoms with Gasteiger partial charge >= 0.3 is 21.7 Å². The molecule has 0 aliphatic heterocycles. The van der Waals surface area contributed by atoms with Crippen LogP contribution in [0.2, 0.25) is 0 Å². The summed E-state index contributed by atoms with van der Waals surface area (Å²) in [5.41, 5.74) is 6.23. The van der Waals surface area contributed by atoms with Crippen LogP contribution in [0.4, 0.5) is 0 Å². The maximum Gasteiger partial charge on any atom is 4.00 e. The normalized spacial score (nSPS) is 10.4. The summed E-state index contributed by atoms with van der Waals surface area (Å²) >= 11 is 0. The van der Waals surface area contributed by atoms with E-state index in [1.54, 1.807) is 85.3 Å². The number of hydrogen-bond acceptors (Lipinski definition) is 12. The third-order valence-corrected chi connectivity index (χ3v) is 16.1. The van der Waals surface area contributed by atoms with Gasteiger partial charge in [0, 0.05) is 32.3 Å². The van der Waals surface area contributed by atoms with Gasteiger partial charge in [-0.15, -0.1) is 0 Å². The van der Waals surface area contributed by atoms with Gasteiger partial charge in [-0.3, -0.25) is 0 Å². The Morgan fingerprint density at radius 3 is 0.695 bits per heavy atom. The van der Waals surface area contributed by atoms with Crippen molar-refractivity contribution in [3.05, 3.63) is 38.9 Å². The smallest absolute Gasteiger partial charge is 1.00 e. The summed E-state index contributed by atoms with van der Waals surface area (Å²) in [5, 5.41) is 2.87. The van der Waals surface area contributed by atoms with Crippen LogP contribution < -0.4 is 115 Å². The topological polar surface area (TPSA) is 111 Å². The van der Waals surface area contributed by atoms with E-state index in [1.807, 2.05) is 20.8 Å². The second-order valence-corrected chi connectivity index (χ2v) is 16.5. The van der Waals surface area contributed by atoms with E-state index in [1.165, 1.54) is 0 Å². The molecule has 326 valence electrons. The standard InChI is InChI=1S/C42H57O12Si.3ClH.Ti/c1-20-21(2)23(4)39(22(20)3)55(40-30(46-11)24(5)27(43-8)33(49-14)36(40)52-17,41-31(47-12)25(6)28(44-9)34(50-15)37(41)53-18)42-32(48-13)26(7)29(45-10)35(51-16)38(42)54-19;;;;/h1-19H3;3*1H;/q-1;;;;+4/p-3. The Kier molecular flexibility index (Phi) is 21.0. The fourth-order valence-corrected chi connectivity index (χ4v) is 15.1. The van der Waals surface area contributed by atoms with E-state index in [9.17, 15) is 0 Å². The van der Waals surface area contributed by atoms with E-state index in [0.717, 1.165) is 27.4 Å². The van der Waals surface area contributed by atoms with Gasteiger partial charge in [-0.2, -0.15) is 27.4 Å². The summed E-state index contributed by atoms with van der Waals surface area (Å²) in [6.07, 6.45) is 0. The van der Waals surface area contributed by atoms with Gasteiger partial charge in [-0.1, -0.05) is 27.7 Å². The largest absolute Gasteiger partial charge is 4.00 e. The molecule has 0 saturated heterocycles. The molecule has 0 amide bonds. The van der Waals surface area contributed by atoms with Gasteiger partial charge in [-0.05, 0) is 20.8 Å². The molecule has 0 N–H and O–H groups in total. The van der Waals surface area contributed by atoms with Crippen LogP contribution in [0.25, 0.3) is 0 Å². The van der Waals surface area contributed by atoms with E-state index < -0.39 is 8.07 Å². The molecule has 0 radical (unpaired) electrons. The molecule has 0 aliphatic rings. The Balaban J connectivity index is 0.00000841. The van der Waals surface area contributed by atoms with Gasteiger partial charge in [0.05, 0.1) is 85.3 Å². The number of methoxy groups -OCH3 is 12. The Labute approximate surface area is 384 Å². The van der Waals surface area contributed by atoms with Crippen LogP contribution in [0.15, 0.2) is 0 Å². The van der Waals surface area contributed by atoms with Gasteiger partial charge in [0.2, 0.25) is 17.2 Å². The number of rotatable bonds is 16. The minimum atomic E-state index is -4.29. The monoisotopic (exact) mass is 934 g/mol. The first-order chi connectivity index (χ1) is 26.2. The molecule has 0 aromatic heterocycles. The minimum absolute atomic E-state index is 0. The van der Waals surface area contributed by atoms with Gasteiger partial charge in [0.25, 0.3) is 0 Å². The van der Waals surface area contributed by atoms with E-state index in [2.05, 4.69) is 27.7 Å². The molecule has 4 aromatic rings. The molecule has 12 nitrogen and oxygen atoms in total. The van der Waals surface area contributed by atoms with Crippen molar-refractivity contribution in [3.8, 4) is 69.0 Å². The van der Waals surface area contributed by atoms with Crippen molar-refractivity contribution < 1.29 is 116 Å². The Bertz CT molecular complexity index is 1890. The Hall–Kier alpha value is -3.59. The molecule has 59 heavy (non-hydrogen) atoms. The number of ether oxygens (including phenoxy) is 12. The number of hydrogen-bond donors (Lipinski definition) is 0. The van der Waals surface area contributed by atoms with Gasteiger partial charge in [0.1, 0.15) is 17.2 Å². The van der Waals surface area contributed by atoms with Crippen LogP contribution in [0.1, 0.15) is 38.9 Å². The molecule has 4 rings (SSSR count). The second kappa shape index (κ2) is 22.3. The summed E-state index contributed by atoms with van der Waals surface area (Å²) in [4.78, 5) is 0. The van der Waals surface area contributed by atoms with E-state index in [0.29, 0.717) is 101 Å². The van der Waals surface area contributed by atoms with E-state index >= 15 is 0 Å². The van der Waals surface area contributed by atoms with Gasteiger partial charge in [0.15, 0.2) is 42.6 Å². The van der Waals surface area contributed by atoms with Crippen molar-refractivity contribution >= 4 is 28.8 Å². The van der Waals surface area contributed by atoms with E-state index in [-0.39, 0.29) is 58.9 Å². The number of benzene rings is 3. The fraction of sp³-hybridized carbons (Fsp3) is 0.452. The van der Waals surface area contributed by atoms with Crippen molar-refractivity contribution in [2.24, 2.45) is 0 Å². The third-order valence-electron chi connectivity index (χ3n) is 11.0. The van der Waals surface area contributed by atoms with Gasteiger partial charge in [-0.25, -0.2) is 0 Å². The molecule has 0 bridgehead atoms. The van der Waals surface area contributed by atoms with Crippen LogP contribution in [0.3, 0.4) is 0 Å². The predicted octanol–water partition coefficient (Wildman–Crippen LogP) is -3.95. The molecular formula is C42H57Cl3O12SiTi. The molecule has 17 heteroatoms. The summed E-state index contributed by atoms with van der Waals surface area (Å²) in [5.74, 6) is 4.90. The first-order valence-electron chi connectivity index (χ1n) is 17.6. The molecule has 0 saturated carbocycles. The Morgan fingerprint density at radius 2 is 0.525 bits per heavy atom. The quantitative estimate of drug-likeness (QED) is 0.0623. The molecule has 4 aromatic carbocycles. The van der Waals surface area contributed by atoms with Crippen LogP contribution >= 0.6 is 0 Å². The maximum atomic E-state index is 6.55. The van der Waals surface area contributed by atoms with Crippen LogP contribution in [0.5, 0.6) is 69.0 Å². The summed E-state index contributed by atoms with van der Waals surface area (Å²) in [6, 6.07) is 0. The molecule has 0 unspecified atom stereocenters. The molecule has 0 atom stereocenters. The maximum absolute atomic E-state index is 6.55. The number of halogens is 3. The zero-order valence-corrected chi connectivity index (χ0v) is 42.4. The van der Waals surface area contributed by atoms with Crippen LogP contribution in [0, 0.1) is 48.5 Å². The van der Waals surface area contributed by atoms with Crippen LogP contribution in [-0.4, -0.2) is 93.4 Å². The molecule has 0 aliphatic carbocycles. The van der Waals surface area contributed by atoms with Crippen molar-refractivity contribution in [2.75, 3.05) is 85.3 Å². The third kappa shape index (κ3) is 8.03. The fourth-order valence-electron chi connectivity index (χ4n) is 8.54. The predicted molar refractivity (Wildman–Crippen MR) is 217 cm³/mol. The SMILES string of the molecule is COc1c(C)c(OC)c([Si](c2c(OC)c(C)c(OC)c(OC)c2OC)(c2c(OC)c(C)c(OC)c(OC)c2OC)c2c(C)c(C)c(C)[c-]2C)c(OC)c1OC.[Cl-].[Cl-].[Cl-].[Ti+4]. The molecular weight excluding hydrogens is 879 g/mol. The van der Waals surface area contributed by atoms with Crippen molar-refractivity contribution in [2.45, 2.75) is 48.5 Å². The Morgan fingerprint density at radius 1 is 0.305 bits per heavy atom. The average Bonchev–Trinajstić information content (AvgIpc) is 3.38. The first kappa shape index (κ1) is 55.4. The molecule has 0 heterocycles. The second-order valence-electron chi connectivity index (χ2n) is 13.0. The summed E-state index contributed by atoms with van der Waals surface area (Å²) in [6.45, 7) is 14.3.